The summed E-state index contributed by atoms with van der Waals surface area (Å²) in [5, 5.41) is 8.33. The first-order valence-corrected chi connectivity index (χ1v) is 7.45. The Morgan fingerprint density at radius 3 is 1.82 bits per heavy atom. The minimum atomic E-state index is -4.78. The third-order valence-electron chi connectivity index (χ3n) is 3.00. The minimum Gasteiger partial charge on any atom is -0.479 e. The molecule has 148 valence electrons. The first-order chi connectivity index (χ1) is 12.4. The van der Waals surface area contributed by atoms with Crippen LogP contribution in [0, 0.1) is 25.1 Å². The molecule has 1 fully saturated rings. The number of halogens is 6. The van der Waals surface area contributed by atoms with Crippen molar-refractivity contribution in [2.24, 2.45) is 5.92 Å². The molecule has 0 bridgehead atoms. The smallest absolute Gasteiger partial charge is 0.479 e. The number of aromatic carboxylic acids is 1. The molecule has 1 heterocycles. The number of carboxylic acids is 1. The Hall–Kier alpha value is -1.98. The summed E-state index contributed by atoms with van der Waals surface area (Å²) < 4.78 is 71.8. The molecule has 1 aromatic heterocycles. The number of carboxylic acid groups (broad SMARTS) is 1. The second-order valence-electron chi connectivity index (χ2n) is 5.43. The van der Waals surface area contributed by atoms with Gasteiger partial charge in [-0.15, -0.1) is 6.07 Å². The molecule has 10 heteroatoms. The molecule has 1 saturated carbocycles. The van der Waals surface area contributed by atoms with Crippen LogP contribution in [0.3, 0.4) is 0 Å². The summed E-state index contributed by atoms with van der Waals surface area (Å²) >= 11 is 0. The first-order valence-electron chi connectivity index (χ1n) is 7.45. The monoisotopic (exact) mass is 397 g/mol. The predicted molar refractivity (Wildman–Crippen MR) is 83.4 cm³/mol. The zero-order valence-corrected chi connectivity index (χ0v) is 14.7. The molecule has 2 aromatic rings. The van der Waals surface area contributed by atoms with Crippen LogP contribution in [0.2, 0.25) is 0 Å². The van der Waals surface area contributed by atoms with Crippen molar-refractivity contribution < 1.29 is 55.1 Å². The second kappa shape index (κ2) is 11.1. The van der Waals surface area contributed by atoms with Gasteiger partial charge in [0, 0.05) is 0 Å². The molecular weight excluding hydrogens is 383 g/mol. The van der Waals surface area contributed by atoms with E-state index in [0.717, 1.165) is 5.92 Å². The van der Waals surface area contributed by atoms with E-state index in [2.05, 4.69) is 18.1 Å². The molecule has 1 aliphatic rings. The van der Waals surface area contributed by atoms with Crippen LogP contribution in [0.1, 0.15) is 34.3 Å². The Bertz CT molecular complexity index is 702. The summed E-state index contributed by atoms with van der Waals surface area (Å²) in [4.78, 5) is 13.6. The topological polar surface area (TPSA) is 50.2 Å². The number of hydrogen-bond donors (Lipinski definition) is 1. The Morgan fingerprint density at radius 1 is 1.11 bits per heavy atom. The zero-order chi connectivity index (χ0) is 20.7. The average Bonchev–Trinajstić information content (AvgIpc) is 3.38. The molecule has 1 aromatic carbocycles. The number of rotatable bonds is 1. The molecule has 3 rings (SSSR count). The molecule has 28 heavy (non-hydrogen) atoms. The van der Waals surface area contributed by atoms with Gasteiger partial charge in [-0.3, -0.25) is 0 Å². The van der Waals surface area contributed by atoms with Gasteiger partial charge in [0.15, 0.2) is 0 Å². The van der Waals surface area contributed by atoms with Crippen LogP contribution in [0.25, 0.3) is 0 Å². The quantitative estimate of drug-likeness (QED) is 0.457. The van der Waals surface area contributed by atoms with Gasteiger partial charge in [-0.1, -0.05) is 36.4 Å². The Labute approximate surface area is 170 Å². The van der Waals surface area contributed by atoms with Gasteiger partial charge in [-0.2, -0.15) is 62.6 Å². The molecule has 0 amide bonds. The summed E-state index contributed by atoms with van der Waals surface area (Å²) in [5.74, 6) is -0.128. The number of aromatic nitrogens is 1. The van der Waals surface area contributed by atoms with E-state index in [1.807, 2.05) is 0 Å². The Kier molecular flexibility index (Phi) is 10.3. The summed E-state index contributed by atoms with van der Waals surface area (Å²) in [7, 11) is 0. The van der Waals surface area contributed by atoms with Crippen LogP contribution < -0.4 is 18.9 Å². The van der Waals surface area contributed by atoms with Crippen LogP contribution in [0.5, 0.6) is 0 Å². The minimum absolute atomic E-state index is 0. The third-order valence-corrected chi connectivity index (χ3v) is 3.00. The molecule has 0 aliphatic heterocycles. The van der Waals surface area contributed by atoms with Gasteiger partial charge in [-0.25, -0.2) is 4.79 Å². The zero-order valence-electron chi connectivity index (χ0n) is 14.7. The molecule has 0 atom stereocenters. The first kappa shape index (κ1) is 26.0. The average molecular weight is 397 g/mol. The maximum atomic E-state index is 12.0. The van der Waals surface area contributed by atoms with Crippen molar-refractivity contribution in [3.8, 4) is 0 Å². The van der Waals surface area contributed by atoms with Gasteiger partial charge in [0.05, 0.1) is 0 Å². The number of nitrogens with zero attached hydrogens (tertiary/aromatic N) is 1. The maximum absolute atomic E-state index is 12.0. The van der Waals surface area contributed by atoms with Crippen LogP contribution in [-0.4, -0.2) is 16.1 Å². The Morgan fingerprint density at radius 2 is 1.57 bits per heavy atom. The van der Waals surface area contributed by atoms with Gasteiger partial charge in [0.2, 0.25) is 0 Å². The van der Waals surface area contributed by atoms with Crippen molar-refractivity contribution in [2.75, 3.05) is 0 Å². The van der Waals surface area contributed by atoms with Crippen LogP contribution >= 0.6 is 0 Å². The van der Waals surface area contributed by atoms with E-state index in [-0.39, 0.29) is 30.5 Å². The second-order valence-corrected chi connectivity index (χ2v) is 5.43. The van der Waals surface area contributed by atoms with E-state index in [4.69, 9.17) is 5.11 Å². The van der Waals surface area contributed by atoms with Crippen molar-refractivity contribution in [3.05, 3.63) is 72.4 Å². The Balaban J connectivity index is 0.000000443. The van der Waals surface area contributed by atoms with E-state index < -0.39 is 29.4 Å². The van der Waals surface area contributed by atoms with Crippen molar-refractivity contribution in [2.45, 2.75) is 25.2 Å². The van der Waals surface area contributed by atoms with E-state index in [0.29, 0.717) is 12.1 Å². The molecular formula is C18H14F6LiNO2-2. The van der Waals surface area contributed by atoms with E-state index in [1.165, 1.54) is 31.2 Å². The molecule has 1 aliphatic carbocycles. The van der Waals surface area contributed by atoms with Gasteiger partial charge in [0.25, 0.3) is 0 Å². The van der Waals surface area contributed by atoms with Crippen LogP contribution in [0.15, 0.2) is 36.5 Å². The largest absolute Gasteiger partial charge is 1.00 e. The van der Waals surface area contributed by atoms with Crippen LogP contribution in [0.4, 0.5) is 26.3 Å². The molecule has 3 nitrogen and oxygen atoms in total. The van der Waals surface area contributed by atoms with Gasteiger partial charge < -0.3 is 17.0 Å². The standard InChI is InChI=1S/C8H3F6.C6H4NO2.C4H7.Li/c9-7(10,11)5-2-1-3-6(4-5)8(12,13)14;8-6(9)5-2-1-3-7-4-5;1-4-2-3-4;/h2-4H;1-2,4H,(H,8,9);4H,1-3H2;/q3*-1;+1. The third kappa shape index (κ3) is 10.4. The van der Waals surface area contributed by atoms with Gasteiger partial charge >= 0.3 is 37.2 Å². The fourth-order valence-corrected chi connectivity index (χ4v) is 1.36. The predicted octanol–water partition coefficient (Wildman–Crippen LogP) is 2.34. The maximum Gasteiger partial charge on any atom is 1.00 e. The summed E-state index contributed by atoms with van der Waals surface area (Å²) in [6.45, 7) is 3.75. The van der Waals surface area contributed by atoms with Crippen molar-refractivity contribution in [3.63, 3.8) is 0 Å². The number of alkyl halides is 6. The van der Waals surface area contributed by atoms with E-state index in [1.54, 1.807) is 6.07 Å². The molecule has 1 N–H and O–H groups in total. The van der Waals surface area contributed by atoms with Crippen molar-refractivity contribution >= 4 is 5.97 Å². The van der Waals surface area contributed by atoms with Crippen LogP contribution in [-0.2, 0) is 12.4 Å². The van der Waals surface area contributed by atoms with E-state index >= 15 is 0 Å². The summed E-state index contributed by atoms with van der Waals surface area (Å²) in [6, 6.07) is 5.69. The molecule has 0 radical (unpaired) electrons. The van der Waals surface area contributed by atoms with Crippen molar-refractivity contribution in [1.29, 1.82) is 0 Å². The SMILES string of the molecule is FC(F)(F)c1c[c-]cc(C(F)(F)F)c1.O=C(O)c1cc[c-]nc1.[CH2-]C1CC1.[Li+]. The fourth-order valence-electron chi connectivity index (χ4n) is 1.36. The normalized spacial score (nSPS) is 13.1. The van der Waals surface area contributed by atoms with E-state index in [9.17, 15) is 31.1 Å². The van der Waals surface area contributed by atoms with Gasteiger partial charge in [-0.05, 0) is 5.56 Å². The number of pyridine rings is 1. The fraction of sp³-hybridized carbons (Fsp3) is 0.278. The molecule has 0 unspecified atom stereocenters. The molecule has 0 spiro atoms. The summed E-state index contributed by atoms with van der Waals surface area (Å²) in [6.07, 6.45) is -3.08. The summed E-state index contributed by atoms with van der Waals surface area (Å²) in [5.41, 5.74) is -2.52. The molecule has 0 saturated heterocycles. The number of carbonyl (C=O) groups is 1. The number of hydrogen-bond acceptors (Lipinski definition) is 2. The van der Waals surface area contributed by atoms with Gasteiger partial charge in [0.1, 0.15) is 0 Å². The number of benzene rings is 1. The van der Waals surface area contributed by atoms with Crippen molar-refractivity contribution in [1.82, 2.24) is 4.98 Å².